The molecule has 0 aromatic heterocycles. The number of halogens is 1. The Hall–Kier alpha value is -0.120. The zero-order valence-corrected chi connectivity index (χ0v) is 8.06. The van der Waals surface area contributed by atoms with Gasteiger partial charge in [0, 0.05) is 14.2 Å². The lowest BCUT2D eigenvalue weighted by Gasteiger charge is -2.13. The molecule has 1 aliphatic rings. The predicted octanol–water partition coefficient (Wildman–Crippen LogP) is 1.34. The Labute approximate surface area is 77.0 Å². The van der Waals surface area contributed by atoms with Crippen LogP contribution in [0.2, 0.25) is 0 Å². The van der Waals surface area contributed by atoms with E-state index in [4.69, 9.17) is 21.1 Å². The number of carbonyl (C=O) groups excluding carboxylic acids is 1. The topological polar surface area (TPSA) is 35.5 Å². The first-order valence-electron chi connectivity index (χ1n) is 3.90. The summed E-state index contributed by atoms with van der Waals surface area (Å²) in [6.45, 7) is 0. The van der Waals surface area contributed by atoms with Crippen LogP contribution in [0.25, 0.3) is 0 Å². The molecule has 0 aromatic carbocycles. The van der Waals surface area contributed by atoms with E-state index in [1.807, 2.05) is 0 Å². The van der Waals surface area contributed by atoms with Crippen molar-refractivity contribution in [2.24, 2.45) is 0 Å². The van der Waals surface area contributed by atoms with Crippen LogP contribution < -0.4 is 0 Å². The summed E-state index contributed by atoms with van der Waals surface area (Å²) in [4.78, 5) is 10.8. The van der Waals surface area contributed by atoms with E-state index in [-0.39, 0.29) is 12.2 Å². The number of ether oxygens (including phenoxy) is 2. The molecule has 0 unspecified atom stereocenters. The summed E-state index contributed by atoms with van der Waals surface area (Å²) in [5.41, 5.74) is 0. The van der Waals surface area contributed by atoms with Crippen molar-refractivity contribution in [2.45, 2.75) is 30.4 Å². The number of carbonyl (C=O) groups is 1. The molecule has 0 spiro atoms. The fraction of sp³-hybridized carbons (Fsp3) is 0.875. The van der Waals surface area contributed by atoms with Crippen molar-refractivity contribution in [3.05, 3.63) is 0 Å². The highest BCUT2D eigenvalue weighted by atomic mass is 35.5. The number of alkyl halides is 1. The molecule has 1 fully saturated rings. The SMILES string of the molecule is COC(CC(=O)C1(Cl)CC1)OC. The molecular formula is C8H13ClO3. The maximum Gasteiger partial charge on any atom is 0.163 e. The number of hydrogen-bond acceptors (Lipinski definition) is 3. The number of rotatable bonds is 5. The number of hydrogen-bond donors (Lipinski definition) is 0. The lowest BCUT2D eigenvalue weighted by Crippen LogP contribution is -2.24. The Morgan fingerprint density at radius 2 is 2.00 bits per heavy atom. The highest BCUT2D eigenvalue weighted by Gasteiger charge is 2.47. The molecule has 1 aliphatic carbocycles. The van der Waals surface area contributed by atoms with Crippen molar-refractivity contribution in [2.75, 3.05) is 14.2 Å². The minimum absolute atomic E-state index is 0.0258. The van der Waals surface area contributed by atoms with E-state index in [1.54, 1.807) is 0 Å². The summed E-state index contributed by atoms with van der Waals surface area (Å²) in [7, 11) is 3.02. The van der Waals surface area contributed by atoms with Crippen LogP contribution in [0.5, 0.6) is 0 Å². The molecule has 0 heterocycles. The molecule has 0 radical (unpaired) electrons. The van der Waals surface area contributed by atoms with Crippen molar-refractivity contribution in [3.8, 4) is 0 Å². The second-order valence-corrected chi connectivity index (χ2v) is 3.72. The lowest BCUT2D eigenvalue weighted by molar-refractivity contribution is -0.137. The average molecular weight is 193 g/mol. The molecule has 12 heavy (non-hydrogen) atoms. The first kappa shape index (κ1) is 9.96. The highest BCUT2D eigenvalue weighted by molar-refractivity contribution is 6.37. The molecule has 0 amide bonds. The third-order valence-corrected chi connectivity index (χ3v) is 2.66. The summed E-state index contributed by atoms with van der Waals surface area (Å²) in [6.07, 6.45) is 1.37. The van der Waals surface area contributed by atoms with Crippen molar-refractivity contribution in [1.29, 1.82) is 0 Å². The molecule has 4 heteroatoms. The summed E-state index contributed by atoms with van der Waals surface area (Å²) in [5.74, 6) is 0.0258. The van der Waals surface area contributed by atoms with Crippen molar-refractivity contribution in [3.63, 3.8) is 0 Å². The summed E-state index contributed by atoms with van der Waals surface area (Å²) in [6, 6.07) is 0. The van der Waals surface area contributed by atoms with Gasteiger partial charge in [-0.15, -0.1) is 11.6 Å². The molecule has 1 saturated carbocycles. The Balaban J connectivity index is 2.34. The van der Waals surface area contributed by atoms with Crippen LogP contribution in [0, 0.1) is 0 Å². The van der Waals surface area contributed by atoms with E-state index in [0.29, 0.717) is 0 Å². The minimum atomic E-state index is -0.588. The van der Waals surface area contributed by atoms with Gasteiger partial charge in [-0.3, -0.25) is 4.79 Å². The Morgan fingerprint density at radius 3 is 2.33 bits per heavy atom. The Bertz CT molecular complexity index is 173. The maximum atomic E-state index is 11.4. The van der Waals surface area contributed by atoms with Gasteiger partial charge in [0.1, 0.15) is 4.87 Å². The third-order valence-electron chi connectivity index (χ3n) is 2.07. The van der Waals surface area contributed by atoms with Gasteiger partial charge in [-0.1, -0.05) is 0 Å². The number of Topliss-reactive ketones (excluding diaryl/α,β-unsaturated/α-hetero) is 1. The van der Waals surface area contributed by atoms with Crippen LogP contribution in [0.15, 0.2) is 0 Å². The van der Waals surface area contributed by atoms with E-state index in [2.05, 4.69) is 0 Å². The van der Waals surface area contributed by atoms with Crippen molar-refractivity contribution >= 4 is 17.4 Å². The van der Waals surface area contributed by atoms with Crippen LogP contribution in [0.4, 0.5) is 0 Å². The van der Waals surface area contributed by atoms with Gasteiger partial charge in [0.15, 0.2) is 12.1 Å². The first-order valence-corrected chi connectivity index (χ1v) is 4.28. The van der Waals surface area contributed by atoms with Crippen LogP contribution >= 0.6 is 11.6 Å². The third kappa shape index (κ3) is 2.19. The predicted molar refractivity (Wildman–Crippen MR) is 45.2 cm³/mol. The highest BCUT2D eigenvalue weighted by Crippen LogP contribution is 2.44. The molecule has 0 saturated heterocycles. The van der Waals surface area contributed by atoms with Gasteiger partial charge in [-0.2, -0.15) is 0 Å². The molecule has 0 bridgehead atoms. The number of ketones is 1. The quantitative estimate of drug-likeness (QED) is 0.487. The maximum absolute atomic E-state index is 11.4. The van der Waals surface area contributed by atoms with Gasteiger partial charge < -0.3 is 9.47 Å². The number of methoxy groups -OCH3 is 2. The van der Waals surface area contributed by atoms with Gasteiger partial charge in [0.25, 0.3) is 0 Å². The Morgan fingerprint density at radius 1 is 1.50 bits per heavy atom. The zero-order chi connectivity index (χ0) is 9.19. The lowest BCUT2D eigenvalue weighted by atomic mass is 10.2. The second-order valence-electron chi connectivity index (χ2n) is 2.99. The minimum Gasteiger partial charge on any atom is -0.355 e. The molecule has 0 atom stereocenters. The molecule has 70 valence electrons. The van der Waals surface area contributed by atoms with Crippen LogP contribution in [-0.4, -0.2) is 31.2 Å². The molecule has 0 N–H and O–H groups in total. The normalized spacial score (nSPS) is 19.7. The molecule has 0 aliphatic heterocycles. The van der Waals surface area contributed by atoms with Gasteiger partial charge in [0.2, 0.25) is 0 Å². The summed E-state index contributed by atoms with van der Waals surface area (Å²) >= 11 is 5.89. The van der Waals surface area contributed by atoms with Gasteiger partial charge >= 0.3 is 0 Å². The molecule has 0 aromatic rings. The molecular weight excluding hydrogens is 180 g/mol. The monoisotopic (exact) mass is 192 g/mol. The van der Waals surface area contributed by atoms with E-state index in [0.717, 1.165) is 12.8 Å². The molecule has 3 nitrogen and oxygen atoms in total. The zero-order valence-electron chi connectivity index (χ0n) is 7.30. The van der Waals surface area contributed by atoms with E-state index >= 15 is 0 Å². The van der Waals surface area contributed by atoms with Crippen LogP contribution in [-0.2, 0) is 14.3 Å². The smallest absolute Gasteiger partial charge is 0.163 e. The summed E-state index contributed by atoms with van der Waals surface area (Å²) < 4.78 is 9.78. The second kappa shape index (κ2) is 3.73. The van der Waals surface area contributed by atoms with Crippen LogP contribution in [0.1, 0.15) is 19.3 Å². The largest absolute Gasteiger partial charge is 0.355 e. The van der Waals surface area contributed by atoms with Gasteiger partial charge in [0.05, 0.1) is 6.42 Å². The Kier molecular flexibility index (Phi) is 3.09. The fourth-order valence-electron chi connectivity index (χ4n) is 0.986. The fourth-order valence-corrected chi connectivity index (χ4v) is 1.16. The van der Waals surface area contributed by atoms with E-state index in [9.17, 15) is 4.79 Å². The van der Waals surface area contributed by atoms with Gasteiger partial charge in [-0.05, 0) is 12.8 Å². The first-order chi connectivity index (χ1) is 5.62. The van der Waals surface area contributed by atoms with Crippen LogP contribution in [0.3, 0.4) is 0 Å². The van der Waals surface area contributed by atoms with E-state index in [1.165, 1.54) is 14.2 Å². The standard InChI is InChI=1S/C8H13ClO3/c1-11-7(12-2)5-6(10)8(9)3-4-8/h7H,3-5H2,1-2H3. The van der Waals surface area contributed by atoms with E-state index < -0.39 is 11.2 Å². The van der Waals surface area contributed by atoms with Gasteiger partial charge in [-0.25, -0.2) is 0 Å². The van der Waals surface area contributed by atoms with Crippen molar-refractivity contribution < 1.29 is 14.3 Å². The van der Waals surface area contributed by atoms with Crippen molar-refractivity contribution in [1.82, 2.24) is 0 Å². The average Bonchev–Trinajstić information content (AvgIpc) is 2.80. The summed E-state index contributed by atoms with van der Waals surface area (Å²) in [5, 5.41) is 0. The molecule has 1 rings (SSSR count).